The van der Waals surface area contributed by atoms with Crippen LogP contribution in [0.15, 0.2) is 77.0 Å². The van der Waals surface area contributed by atoms with Gasteiger partial charge >= 0.3 is 0 Å². The largest absolute Gasteiger partial charge is 0.351 e. The molecule has 0 bridgehead atoms. The standard InChI is InChI=1S/C26H19F3N4OS/c1-14-6-11-20(13-21(14)29)33-15(2)22(23(30-26(33)35)16-7-9-18(27)10-8-16)25-31-24(32-34-25)17-4-3-5-19(28)12-17/h3-13,23H,1-2H3,(H,30,35). The Bertz CT molecular complexity index is 1470. The molecule has 0 amide bonds. The van der Waals surface area contributed by atoms with Crippen molar-refractivity contribution in [2.24, 2.45) is 0 Å². The summed E-state index contributed by atoms with van der Waals surface area (Å²) < 4.78 is 47.4. The zero-order valence-electron chi connectivity index (χ0n) is 18.7. The predicted molar refractivity (Wildman–Crippen MR) is 131 cm³/mol. The van der Waals surface area contributed by atoms with Gasteiger partial charge in [0.15, 0.2) is 5.11 Å². The number of anilines is 1. The lowest BCUT2D eigenvalue weighted by Gasteiger charge is -2.37. The average Bonchev–Trinajstić information content (AvgIpc) is 3.31. The molecule has 3 aromatic carbocycles. The Hall–Kier alpha value is -3.98. The number of aromatic nitrogens is 2. The first-order chi connectivity index (χ1) is 16.8. The fourth-order valence-electron chi connectivity index (χ4n) is 4.03. The molecule has 1 aliphatic heterocycles. The highest BCUT2D eigenvalue weighted by atomic mass is 32.1. The molecule has 9 heteroatoms. The van der Waals surface area contributed by atoms with E-state index in [1.54, 1.807) is 48.2 Å². The molecule has 2 heterocycles. The van der Waals surface area contributed by atoms with Gasteiger partial charge in [0.25, 0.3) is 5.89 Å². The van der Waals surface area contributed by atoms with Crippen molar-refractivity contribution < 1.29 is 17.7 Å². The van der Waals surface area contributed by atoms with E-state index in [4.69, 9.17) is 16.7 Å². The van der Waals surface area contributed by atoms with Gasteiger partial charge < -0.3 is 9.84 Å². The third kappa shape index (κ3) is 4.30. The van der Waals surface area contributed by atoms with E-state index in [1.807, 2.05) is 6.92 Å². The normalized spacial score (nSPS) is 16.0. The van der Waals surface area contributed by atoms with Crippen molar-refractivity contribution in [2.75, 3.05) is 4.90 Å². The summed E-state index contributed by atoms with van der Waals surface area (Å²) in [6.45, 7) is 3.49. The molecular formula is C26H19F3N4OS. The molecule has 0 spiro atoms. The maximum absolute atomic E-state index is 14.4. The number of benzene rings is 3. The van der Waals surface area contributed by atoms with E-state index >= 15 is 0 Å². The Kier molecular flexibility index (Phi) is 5.86. The monoisotopic (exact) mass is 492 g/mol. The SMILES string of the molecule is CC1=C(c2nc(-c3cccc(F)c3)no2)C(c2ccc(F)cc2)NC(=S)N1c1ccc(C)c(F)c1. The summed E-state index contributed by atoms with van der Waals surface area (Å²) in [4.78, 5) is 6.19. The first kappa shape index (κ1) is 22.8. The molecule has 5 rings (SSSR count). The molecule has 0 radical (unpaired) electrons. The lowest BCUT2D eigenvalue weighted by atomic mass is 9.94. The van der Waals surface area contributed by atoms with Gasteiger partial charge in [-0.2, -0.15) is 4.98 Å². The van der Waals surface area contributed by atoms with Gasteiger partial charge in [0.2, 0.25) is 5.82 Å². The van der Waals surface area contributed by atoms with Gasteiger partial charge in [0.1, 0.15) is 17.5 Å². The highest BCUT2D eigenvalue weighted by Crippen LogP contribution is 2.39. The third-order valence-corrected chi connectivity index (χ3v) is 6.14. The average molecular weight is 493 g/mol. The Morgan fingerprint density at radius 3 is 2.43 bits per heavy atom. The molecule has 176 valence electrons. The molecule has 0 saturated heterocycles. The van der Waals surface area contributed by atoms with Crippen LogP contribution in [0.4, 0.5) is 18.9 Å². The van der Waals surface area contributed by atoms with Gasteiger partial charge in [0.05, 0.1) is 17.3 Å². The summed E-state index contributed by atoms with van der Waals surface area (Å²) in [6.07, 6.45) is 0. The second-order valence-electron chi connectivity index (χ2n) is 8.14. The second-order valence-corrected chi connectivity index (χ2v) is 8.52. The van der Waals surface area contributed by atoms with Crippen molar-refractivity contribution >= 4 is 28.6 Å². The molecule has 1 unspecified atom stereocenters. The molecule has 1 aromatic heterocycles. The van der Waals surface area contributed by atoms with Crippen LogP contribution in [0.25, 0.3) is 17.0 Å². The minimum atomic E-state index is -0.546. The van der Waals surface area contributed by atoms with Crippen molar-refractivity contribution in [1.29, 1.82) is 0 Å². The van der Waals surface area contributed by atoms with Crippen LogP contribution in [0.3, 0.4) is 0 Å². The molecule has 0 aliphatic carbocycles. The third-order valence-electron chi connectivity index (χ3n) is 5.84. The fourth-order valence-corrected chi connectivity index (χ4v) is 4.39. The fraction of sp³-hybridized carbons (Fsp3) is 0.115. The van der Waals surface area contributed by atoms with Gasteiger partial charge in [-0.1, -0.05) is 35.5 Å². The lowest BCUT2D eigenvalue weighted by Crippen LogP contribution is -2.46. The minimum absolute atomic E-state index is 0.170. The Morgan fingerprint density at radius 2 is 1.71 bits per heavy atom. The van der Waals surface area contributed by atoms with Crippen molar-refractivity contribution in [3.05, 3.63) is 107 Å². The smallest absolute Gasteiger partial charge is 0.258 e. The number of nitrogens with zero attached hydrogens (tertiary/aromatic N) is 3. The van der Waals surface area contributed by atoms with E-state index in [1.165, 1.54) is 30.3 Å². The number of halogens is 3. The minimum Gasteiger partial charge on any atom is -0.351 e. The van der Waals surface area contributed by atoms with Crippen molar-refractivity contribution in [1.82, 2.24) is 15.5 Å². The second kappa shape index (κ2) is 8.99. The summed E-state index contributed by atoms with van der Waals surface area (Å²) in [5.74, 6) is -0.795. The molecule has 35 heavy (non-hydrogen) atoms. The highest BCUT2D eigenvalue weighted by molar-refractivity contribution is 7.80. The number of aryl methyl sites for hydroxylation is 1. The Balaban J connectivity index is 1.66. The van der Waals surface area contributed by atoms with Crippen LogP contribution in [-0.2, 0) is 0 Å². The zero-order valence-corrected chi connectivity index (χ0v) is 19.5. The van der Waals surface area contributed by atoms with Gasteiger partial charge in [-0.15, -0.1) is 0 Å². The van der Waals surface area contributed by atoms with E-state index in [0.29, 0.717) is 38.8 Å². The molecular weight excluding hydrogens is 473 g/mol. The summed E-state index contributed by atoms with van der Waals surface area (Å²) in [6, 6.07) is 16.1. The Labute approximate surface area is 204 Å². The molecule has 5 nitrogen and oxygen atoms in total. The topological polar surface area (TPSA) is 54.2 Å². The zero-order chi connectivity index (χ0) is 24.7. The summed E-state index contributed by atoms with van der Waals surface area (Å²) >= 11 is 5.64. The van der Waals surface area contributed by atoms with Crippen LogP contribution in [0, 0.1) is 24.4 Å². The van der Waals surface area contributed by atoms with Crippen LogP contribution in [-0.4, -0.2) is 15.3 Å². The first-order valence-corrected chi connectivity index (χ1v) is 11.2. The van der Waals surface area contributed by atoms with E-state index in [0.717, 1.165) is 0 Å². The number of hydrogen-bond acceptors (Lipinski definition) is 4. The van der Waals surface area contributed by atoms with Crippen molar-refractivity contribution in [2.45, 2.75) is 19.9 Å². The molecule has 1 atom stereocenters. The first-order valence-electron chi connectivity index (χ1n) is 10.7. The van der Waals surface area contributed by atoms with Crippen molar-refractivity contribution in [3.8, 4) is 11.4 Å². The summed E-state index contributed by atoms with van der Waals surface area (Å²) in [5, 5.41) is 7.60. The predicted octanol–water partition coefficient (Wildman–Crippen LogP) is 6.33. The molecule has 1 aliphatic rings. The number of thiocarbonyl (C=S) groups is 1. The number of rotatable bonds is 4. The number of allylic oxidation sites excluding steroid dienone is 1. The lowest BCUT2D eigenvalue weighted by molar-refractivity contribution is 0.404. The van der Waals surface area contributed by atoms with Crippen LogP contribution in [0.5, 0.6) is 0 Å². The van der Waals surface area contributed by atoms with Gasteiger partial charge in [-0.05, 0) is 73.6 Å². The highest BCUT2D eigenvalue weighted by Gasteiger charge is 2.35. The molecule has 1 N–H and O–H groups in total. The maximum atomic E-state index is 14.4. The van der Waals surface area contributed by atoms with E-state index < -0.39 is 11.9 Å². The molecule has 0 fully saturated rings. The summed E-state index contributed by atoms with van der Waals surface area (Å²) in [5.41, 5.74) is 3.38. The van der Waals surface area contributed by atoms with E-state index in [2.05, 4.69) is 15.5 Å². The number of nitrogens with one attached hydrogen (secondary N) is 1. The van der Waals surface area contributed by atoms with Gasteiger partial charge in [0, 0.05) is 11.3 Å². The molecule has 4 aromatic rings. The van der Waals surface area contributed by atoms with Crippen LogP contribution < -0.4 is 10.2 Å². The van der Waals surface area contributed by atoms with Crippen LogP contribution >= 0.6 is 12.2 Å². The number of hydrogen-bond donors (Lipinski definition) is 1. The van der Waals surface area contributed by atoms with E-state index in [-0.39, 0.29) is 23.3 Å². The van der Waals surface area contributed by atoms with Crippen LogP contribution in [0.2, 0.25) is 0 Å². The van der Waals surface area contributed by atoms with E-state index in [9.17, 15) is 13.2 Å². The maximum Gasteiger partial charge on any atom is 0.258 e. The quantitative estimate of drug-likeness (QED) is 0.336. The van der Waals surface area contributed by atoms with Crippen LogP contribution in [0.1, 0.15) is 30.0 Å². The van der Waals surface area contributed by atoms with Gasteiger partial charge in [-0.3, -0.25) is 4.90 Å². The summed E-state index contributed by atoms with van der Waals surface area (Å²) in [7, 11) is 0. The molecule has 0 saturated carbocycles. The van der Waals surface area contributed by atoms with Gasteiger partial charge in [-0.25, -0.2) is 13.2 Å². The Morgan fingerprint density at radius 1 is 0.943 bits per heavy atom. The van der Waals surface area contributed by atoms with Crippen molar-refractivity contribution in [3.63, 3.8) is 0 Å².